The zero-order chi connectivity index (χ0) is 15.1. The molecule has 7 heteroatoms. The molecule has 1 aliphatic rings. The van der Waals surface area contributed by atoms with Gasteiger partial charge in [-0.15, -0.1) is 0 Å². The summed E-state index contributed by atoms with van der Waals surface area (Å²) < 4.78 is 10.5. The van der Waals surface area contributed by atoms with E-state index in [4.69, 9.17) is 14.7 Å². The number of hydrogen-bond acceptors (Lipinski definition) is 6. The molecule has 21 heavy (non-hydrogen) atoms. The summed E-state index contributed by atoms with van der Waals surface area (Å²) in [5, 5.41) is 11.9. The van der Waals surface area contributed by atoms with Crippen molar-refractivity contribution in [3.05, 3.63) is 18.1 Å². The first kappa shape index (κ1) is 15.2. The van der Waals surface area contributed by atoms with Crippen LogP contribution in [0.15, 0.2) is 12.4 Å². The number of nitriles is 1. The van der Waals surface area contributed by atoms with E-state index in [1.54, 1.807) is 0 Å². The van der Waals surface area contributed by atoms with E-state index in [1.165, 1.54) is 19.5 Å². The van der Waals surface area contributed by atoms with Crippen LogP contribution in [0, 0.1) is 11.3 Å². The lowest BCUT2D eigenvalue weighted by Crippen LogP contribution is -2.41. The van der Waals surface area contributed by atoms with Crippen LogP contribution in [0.25, 0.3) is 0 Å². The fraction of sp³-hybridized carbons (Fsp3) is 0.571. The third-order valence-electron chi connectivity index (χ3n) is 3.36. The van der Waals surface area contributed by atoms with Gasteiger partial charge in [0.05, 0.1) is 0 Å². The Labute approximate surface area is 123 Å². The van der Waals surface area contributed by atoms with Crippen LogP contribution in [0.3, 0.4) is 0 Å². The van der Waals surface area contributed by atoms with Crippen LogP contribution in [0.5, 0.6) is 5.88 Å². The predicted molar refractivity (Wildman–Crippen MR) is 73.4 cm³/mol. The van der Waals surface area contributed by atoms with E-state index >= 15 is 0 Å². The summed E-state index contributed by atoms with van der Waals surface area (Å²) in [6.45, 7) is 0.0849. The molecule has 1 heterocycles. The highest BCUT2D eigenvalue weighted by Crippen LogP contribution is 2.23. The van der Waals surface area contributed by atoms with Crippen molar-refractivity contribution in [2.75, 3.05) is 13.7 Å². The number of hydrogen-bond donors (Lipinski definition) is 1. The van der Waals surface area contributed by atoms with E-state index in [1.807, 2.05) is 6.07 Å². The van der Waals surface area contributed by atoms with Gasteiger partial charge >= 0.3 is 0 Å². The third-order valence-corrected chi connectivity index (χ3v) is 3.36. The minimum atomic E-state index is -0.0949. The summed E-state index contributed by atoms with van der Waals surface area (Å²) in [4.78, 5) is 19.4. The number of ether oxygens (including phenoxy) is 2. The molecule has 0 aliphatic heterocycles. The van der Waals surface area contributed by atoms with Gasteiger partial charge in [-0.2, -0.15) is 5.26 Å². The SMILES string of the molecule is COCC(=O)NC1CCC(Oc2nccnc2C#N)CC1. The second-order valence-electron chi connectivity index (χ2n) is 4.91. The van der Waals surface area contributed by atoms with Crippen LogP contribution in [0.1, 0.15) is 31.4 Å². The number of nitrogens with one attached hydrogen (secondary N) is 1. The summed E-state index contributed by atoms with van der Waals surface area (Å²) in [7, 11) is 1.50. The number of methoxy groups -OCH3 is 1. The van der Waals surface area contributed by atoms with Crippen LogP contribution in [-0.4, -0.2) is 41.7 Å². The van der Waals surface area contributed by atoms with Gasteiger partial charge in [0, 0.05) is 25.5 Å². The standard InChI is InChI=1S/C14H18N4O3/c1-20-9-13(19)18-10-2-4-11(5-3-10)21-14-12(8-15)16-6-7-17-14/h6-7,10-11H,2-5,9H2,1H3,(H,18,19). The van der Waals surface area contributed by atoms with Gasteiger partial charge in [0.25, 0.3) is 5.88 Å². The molecule has 1 aromatic rings. The van der Waals surface area contributed by atoms with E-state index in [-0.39, 0.29) is 36.2 Å². The molecule has 1 fully saturated rings. The molecule has 112 valence electrons. The number of rotatable bonds is 5. The average Bonchev–Trinajstić information content (AvgIpc) is 2.50. The highest BCUT2D eigenvalue weighted by Gasteiger charge is 2.24. The molecule has 0 atom stereocenters. The van der Waals surface area contributed by atoms with Crippen molar-refractivity contribution in [3.63, 3.8) is 0 Å². The minimum Gasteiger partial charge on any atom is -0.472 e. The third kappa shape index (κ3) is 4.39. The zero-order valence-corrected chi connectivity index (χ0v) is 11.9. The Kier molecular flexibility index (Phi) is 5.46. The van der Waals surface area contributed by atoms with Crippen LogP contribution in [0.4, 0.5) is 0 Å². The lowest BCUT2D eigenvalue weighted by atomic mass is 9.93. The highest BCUT2D eigenvalue weighted by molar-refractivity contribution is 5.77. The van der Waals surface area contributed by atoms with Crippen molar-refractivity contribution in [2.45, 2.75) is 37.8 Å². The molecule has 1 aromatic heterocycles. The largest absolute Gasteiger partial charge is 0.472 e. The molecule has 0 unspecified atom stereocenters. The van der Waals surface area contributed by atoms with Gasteiger partial charge in [0.15, 0.2) is 0 Å². The lowest BCUT2D eigenvalue weighted by molar-refractivity contribution is -0.125. The number of carbonyl (C=O) groups excluding carboxylic acids is 1. The summed E-state index contributed by atoms with van der Waals surface area (Å²) in [6.07, 6.45) is 6.26. The molecule has 1 N–H and O–H groups in total. The Balaban J connectivity index is 1.82. The van der Waals surface area contributed by atoms with Gasteiger partial charge in [0.1, 0.15) is 18.8 Å². The molecule has 0 spiro atoms. The van der Waals surface area contributed by atoms with Crippen LogP contribution < -0.4 is 10.1 Å². The monoisotopic (exact) mass is 290 g/mol. The molecular formula is C14H18N4O3. The Morgan fingerprint density at radius 3 is 2.76 bits per heavy atom. The van der Waals surface area contributed by atoms with E-state index in [0.29, 0.717) is 0 Å². The van der Waals surface area contributed by atoms with Gasteiger partial charge in [-0.05, 0) is 25.7 Å². The maximum Gasteiger partial charge on any atom is 0.251 e. The van der Waals surface area contributed by atoms with Gasteiger partial charge < -0.3 is 14.8 Å². The maximum atomic E-state index is 11.4. The first-order valence-corrected chi connectivity index (χ1v) is 6.89. The molecule has 2 rings (SSSR count). The molecule has 0 bridgehead atoms. The minimum absolute atomic E-state index is 0.00405. The zero-order valence-electron chi connectivity index (χ0n) is 11.9. The van der Waals surface area contributed by atoms with E-state index in [9.17, 15) is 4.79 Å². The van der Waals surface area contributed by atoms with Crippen LogP contribution in [0.2, 0.25) is 0 Å². The number of amides is 1. The van der Waals surface area contributed by atoms with E-state index < -0.39 is 0 Å². The molecule has 1 saturated carbocycles. The number of aromatic nitrogens is 2. The van der Waals surface area contributed by atoms with Crippen molar-refractivity contribution in [1.29, 1.82) is 5.26 Å². The predicted octanol–water partition coefficient (Wildman–Crippen LogP) is 0.801. The van der Waals surface area contributed by atoms with Crippen LogP contribution in [-0.2, 0) is 9.53 Å². The van der Waals surface area contributed by atoms with Crippen molar-refractivity contribution in [1.82, 2.24) is 15.3 Å². The van der Waals surface area contributed by atoms with E-state index in [0.717, 1.165) is 25.7 Å². The fourth-order valence-corrected chi connectivity index (χ4v) is 2.37. The molecular weight excluding hydrogens is 272 g/mol. The lowest BCUT2D eigenvalue weighted by Gasteiger charge is -2.29. The summed E-state index contributed by atoms with van der Waals surface area (Å²) in [5.74, 6) is 0.189. The average molecular weight is 290 g/mol. The summed E-state index contributed by atoms with van der Waals surface area (Å²) in [5.41, 5.74) is 0.202. The first-order valence-electron chi connectivity index (χ1n) is 6.89. The molecule has 7 nitrogen and oxygen atoms in total. The smallest absolute Gasteiger partial charge is 0.251 e. The fourth-order valence-electron chi connectivity index (χ4n) is 2.37. The Bertz CT molecular complexity index is 521. The summed E-state index contributed by atoms with van der Waals surface area (Å²) >= 11 is 0. The molecule has 0 aromatic carbocycles. The van der Waals surface area contributed by atoms with Gasteiger partial charge in [-0.25, -0.2) is 9.97 Å². The molecule has 0 radical (unpaired) electrons. The van der Waals surface area contributed by atoms with Gasteiger partial charge in [-0.3, -0.25) is 4.79 Å². The Morgan fingerprint density at radius 2 is 2.10 bits per heavy atom. The maximum absolute atomic E-state index is 11.4. The van der Waals surface area contributed by atoms with Crippen molar-refractivity contribution >= 4 is 5.91 Å². The van der Waals surface area contributed by atoms with Gasteiger partial charge in [-0.1, -0.05) is 0 Å². The topological polar surface area (TPSA) is 97.1 Å². The summed E-state index contributed by atoms with van der Waals surface area (Å²) in [6, 6.07) is 2.12. The highest BCUT2D eigenvalue weighted by atomic mass is 16.5. The normalized spacial score (nSPS) is 21.3. The second-order valence-corrected chi connectivity index (χ2v) is 4.91. The van der Waals surface area contributed by atoms with Crippen molar-refractivity contribution in [2.24, 2.45) is 0 Å². The first-order chi connectivity index (χ1) is 10.2. The Morgan fingerprint density at radius 1 is 1.38 bits per heavy atom. The van der Waals surface area contributed by atoms with Crippen molar-refractivity contribution in [3.8, 4) is 11.9 Å². The molecule has 1 amide bonds. The van der Waals surface area contributed by atoms with Crippen LogP contribution >= 0.6 is 0 Å². The Hall–Kier alpha value is -2.20. The van der Waals surface area contributed by atoms with Crippen molar-refractivity contribution < 1.29 is 14.3 Å². The molecule has 1 aliphatic carbocycles. The second kappa shape index (κ2) is 7.55. The quantitative estimate of drug-likeness (QED) is 0.861. The molecule has 0 saturated heterocycles. The number of carbonyl (C=O) groups is 1. The van der Waals surface area contributed by atoms with Gasteiger partial charge in [0.2, 0.25) is 11.6 Å². The van der Waals surface area contributed by atoms with E-state index in [2.05, 4.69) is 15.3 Å². The number of nitrogens with zero attached hydrogens (tertiary/aromatic N) is 3.